The minimum Gasteiger partial charge on any atom is -0.357 e. The molecule has 0 amide bonds. The van der Waals surface area contributed by atoms with E-state index in [0.717, 1.165) is 5.70 Å². The summed E-state index contributed by atoms with van der Waals surface area (Å²) in [6, 6.07) is 0.605. The Balaban J connectivity index is 1.65. The van der Waals surface area contributed by atoms with Crippen molar-refractivity contribution < 1.29 is 4.74 Å². The first kappa shape index (κ1) is 6.66. The highest BCUT2D eigenvalue weighted by Gasteiger charge is 2.39. The Morgan fingerprint density at radius 3 is 3.17 bits per heavy atom. The molecule has 0 aromatic carbocycles. The van der Waals surface area contributed by atoms with Crippen LogP contribution in [0.4, 0.5) is 0 Å². The van der Waals surface area contributed by atoms with Gasteiger partial charge < -0.3 is 10.1 Å². The van der Waals surface area contributed by atoms with Gasteiger partial charge in [-0.25, -0.2) is 0 Å². The third-order valence-corrected chi connectivity index (χ3v) is 2.62. The van der Waals surface area contributed by atoms with Gasteiger partial charge in [-0.05, 0) is 13.3 Å². The number of epoxide rings is 1. The highest BCUT2D eigenvalue weighted by atomic mass is 16.6. The van der Waals surface area contributed by atoms with Crippen LogP contribution in [0.1, 0.15) is 13.3 Å². The predicted octanol–water partition coefficient (Wildman–Crippen LogP) is 0.678. The van der Waals surface area contributed by atoms with Gasteiger partial charge in [-0.2, -0.15) is 0 Å². The van der Waals surface area contributed by atoms with Crippen LogP contribution >= 0.6 is 0 Å². The summed E-state index contributed by atoms with van der Waals surface area (Å²) < 4.78 is 5.25. The third-order valence-electron chi connectivity index (χ3n) is 2.62. The summed E-state index contributed by atoms with van der Waals surface area (Å²) in [5.74, 6) is 0.714. The van der Waals surface area contributed by atoms with E-state index in [1.807, 2.05) is 6.21 Å². The Labute approximate surface area is 71.5 Å². The second-order valence-electron chi connectivity index (χ2n) is 3.77. The van der Waals surface area contributed by atoms with Gasteiger partial charge in [-0.1, -0.05) is 6.08 Å². The summed E-state index contributed by atoms with van der Waals surface area (Å²) in [5, 5.41) is 3.29. The standard InChI is InChI=1S/C9H12N2O/c1-5-9(12-5)11-7-2-6-3-8(6)10-4-7/h2,4-6,8-9,11H,3H2,1H3/t5-,6-,8?,9-/m0/s1. The van der Waals surface area contributed by atoms with Gasteiger partial charge in [0.2, 0.25) is 0 Å². The lowest BCUT2D eigenvalue weighted by Gasteiger charge is -2.06. The van der Waals surface area contributed by atoms with Crippen molar-refractivity contribution in [3.63, 3.8) is 0 Å². The molecule has 3 heteroatoms. The number of ether oxygens (including phenoxy) is 1. The molecule has 0 spiro atoms. The Bertz CT molecular complexity index is 272. The minimum atomic E-state index is 0.234. The number of hydrogen-bond acceptors (Lipinski definition) is 3. The molecule has 1 N–H and O–H groups in total. The zero-order chi connectivity index (χ0) is 8.13. The van der Waals surface area contributed by atoms with Crippen molar-refractivity contribution in [3.05, 3.63) is 11.8 Å². The number of nitrogens with zero attached hydrogens (tertiary/aromatic N) is 1. The molecular weight excluding hydrogens is 152 g/mol. The number of dihydropyridines is 1. The summed E-state index contributed by atoms with van der Waals surface area (Å²) in [6.45, 7) is 2.07. The summed E-state index contributed by atoms with van der Waals surface area (Å²) >= 11 is 0. The van der Waals surface area contributed by atoms with Crippen LogP contribution in [0.25, 0.3) is 0 Å². The van der Waals surface area contributed by atoms with Crippen LogP contribution in [0.15, 0.2) is 16.8 Å². The van der Waals surface area contributed by atoms with Crippen molar-refractivity contribution in [2.75, 3.05) is 0 Å². The van der Waals surface area contributed by atoms with Gasteiger partial charge in [-0.15, -0.1) is 0 Å². The average Bonchev–Trinajstić information content (AvgIpc) is 2.90. The van der Waals surface area contributed by atoms with Crippen LogP contribution < -0.4 is 5.32 Å². The molecule has 64 valence electrons. The van der Waals surface area contributed by atoms with Gasteiger partial charge in [-0.3, -0.25) is 4.99 Å². The fourth-order valence-corrected chi connectivity index (χ4v) is 1.59. The topological polar surface area (TPSA) is 36.9 Å². The molecule has 0 radical (unpaired) electrons. The minimum absolute atomic E-state index is 0.234. The molecule has 4 atom stereocenters. The normalized spacial score (nSPS) is 47.9. The van der Waals surface area contributed by atoms with E-state index in [-0.39, 0.29) is 6.23 Å². The molecule has 1 aliphatic carbocycles. The zero-order valence-corrected chi connectivity index (χ0v) is 7.03. The maximum atomic E-state index is 5.25. The highest BCUT2D eigenvalue weighted by Crippen LogP contribution is 2.37. The second-order valence-corrected chi connectivity index (χ2v) is 3.77. The maximum absolute atomic E-state index is 5.25. The van der Waals surface area contributed by atoms with Crippen molar-refractivity contribution in [2.24, 2.45) is 10.9 Å². The fraction of sp³-hybridized carbons (Fsp3) is 0.667. The van der Waals surface area contributed by atoms with E-state index in [9.17, 15) is 0 Å². The molecule has 3 aliphatic rings. The van der Waals surface area contributed by atoms with E-state index in [4.69, 9.17) is 4.74 Å². The van der Waals surface area contributed by atoms with Crippen LogP contribution in [0.3, 0.4) is 0 Å². The lowest BCUT2D eigenvalue weighted by Crippen LogP contribution is -2.21. The van der Waals surface area contributed by atoms with Crippen LogP contribution in [-0.2, 0) is 4.74 Å². The van der Waals surface area contributed by atoms with E-state index in [1.54, 1.807) is 0 Å². The maximum Gasteiger partial charge on any atom is 0.154 e. The predicted molar refractivity (Wildman–Crippen MR) is 45.9 cm³/mol. The summed E-state index contributed by atoms with van der Waals surface area (Å²) in [5.41, 5.74) is 1.14. The van der Waals surface area contributed by atoms with Crippen LogP contribution in [-0.4, -0.2) is 24.6 Å². The van der Waals surface area contributed by atoms with Crippen LogP contribution in [0, 0.1) is 5.92 Å². The van der Waals surface area contributed by atoms with Gasteiger partial charge in [0.15, 0.2) is 6.23 Å². The third kappa shape index (κ3) is 1.05. The lowest BCUT2D eigenvalue weighted by atomic mass is 10.2. The van der Waals surface area contributed by atoms with Crippen LogP contribution in [0.5, 0.6) is 0 Å². The number of nitrogens with one attached hydrogen (secondary N) is 1. The van der Waals surface area contributed by atoms with E-state index in [2.05, 4.69) is 23.3 Å². The number of allylic oxidation sites excluding steroid dienone is 1. The summed E-state index contributed by atoms with van der Waals surface area (Å²) in [6.07, 6.45) is 6.05. The Morgan fingerprint density at radius 1 is 1.67 bits per heavy atom. The fourth-order valence-electron chi connectivity index (χ4n) is 1.59. The first-order valence-corrected chi connectivity index (χ1v) is 4.50. The Hall–Kier alpha value is -0.830. The Kier molecular flexibility index (Phi) is 1.17. The molecule has 0 aromatic rings. The first-order valence-electron chi connectivity index (χ1n) is 4.50. The molecule has 1 saturated carbocycles. The van der Waals surface area contributed by atoms with E-state index in [1.165, 1.54) is 6.42 Å². The van der Waals surface area contributed by atoms with Gasteiger partial charge >= 0.3 is 0 Å². The molecule has 2 heterocycles. The molecule has 3 nitrogen and oxygen atoms in total. The van der Waals surface area contributed by atoms with Crippen molar-refractivity contribution in [2.45, 2.75) is 31.7 Å². The van der Waals surface area contributed by atoms with Crippen molar-refractivity contribution in [3.8, 4) is 0 Å². The van der Waals surface area contributed by atoms with Gasteiger partial charge in [0.1, 0.15) is 6.10 Å². The summed E-state index contributed by atoms with van der Waals surface area (Å²) in [7, 11) is 0. The van der Waals surface area contributed by atoms with Gasteiger partial charge in [0.05, 0.1) is 11.7 Å². The quantitative estimate of drug-likeness (QED) is 0.609. The largest absolute Gasteiger partial charge is 0.357 e. The van der Waals surface area contributed by atoms with Crippen molar-refractivity contribution >= 4 is 6.21 Å². The molecule has 2 aliphatic heterocycles. The molecule has 2 fully saturated rings. The molecular formula is C9H12N2O. The molecule has 0 aromatic heterocycles. The summed E-state index contributed by atoms with van der Waals surface area (Å²) in [4.78, 5) is 4.38. The van der Waals surface area contributed by atoms with Gasteiger partial charge in [0, 0.05) is 12.1 Å². The highest BCUT2D eigenvalue weighted by molar-refractivity contribution is 5.79. The molecule has 1 saturated heterocycles. The van der Waals surface area contributed by atoms with E-state index in [0.29, 0.717) is 18.1 Å². The zero-order valence-electron chi connectivity index (χ0n) is 7.03. The molecule has 1 unspecified atom stereocenters. The second kappa shape index (κ2) is 2.10. The number of fused-ring (bicyclic) bond motifs is 1. The van der Waals surface area contributed by atoms with Gasteiger partial charge in [0.25, 0.3) is 0 Å². The number of hydrogen-bond donors (Lipinski definition) is 1. The number of rotatable bonds is 2. The molecule has 0 bridgehead atoms. The monoisotopic (exact) mass is 164 g/mol. The Morgan fingerprint density at radius 2 is 2.50 bits per heavy atom. The molecule has 12 heavy (non-hydrogen) atoms. The molecule has 3 rings (SSSR count). The van der Waals surface area contributed by atoms with Crippen molar-refractivity contribution in [1.82, 2.24) is 5.32 Å². The van der Waals surface area contributed by atoms with E-state index >= 15 is 0 Å². The van der Waals surface area contributed by atoms with Crippen LogP contribution in [0.2, 0.25) is 0 Å². The average molecular weight is 164 g/mol. The smallest absolute Gasteiger partial charge is 0.154 e. The SMILES string of the molecule is C[C@@H]1O[C@@H]1NC1=C[C@H]2CC2N=C1. The van der Waals surface area contributed by atoms with Crippen molar-refractivity contribution in [1.29, 1.82) is 0 Å². The lowest BCUT2D eigenvalue weighted by molar-refractivity contribution is 0.364. The first-order chi connectivity index (χ1) is 5.83. The number of aliphatic imine (C=N–C) groups is 1. The van der Waals surface area contributed by atoms with E-state index < -0.39 is 0 Å².